The van der Waals surface area contributed by atoms with E-state index in [9.17, 15) is 14.4 Å². The van der Waals surface area contributed by atoms with Crippen LogP contribution in [0.2, 0.25) is 0 Å². The Hall–Kier alpha value is -1.39. The minimum absolute atomic E-state index is 0.0144. The Kier molecular flexibility index (Phi) is 1.61. The number of hydrogen-bond acceptors (Lipinski definition) is 3. The molecule has 5 heteroatoms. The number of barbiturate groups is 1. The van der Waals surface area contributed by atoms with Crippen LogP contribution in [0.25, 0.3) is 0 Å². The lowest BCUT2D eigenvalue weighted by Crippen LogP contribution is -2.53. The molecule has 2 rings (SSSR count). The number of rotatable bonds is 1. The van der Waals surface area contributed by atoms with Gasteiger partial charge in [-0.25, -0.2) is 4.79 Å². The summed E-state index contributed by atoms with van der Waals surface area (Å²) in [6.07, 6.45) is 0.655. The number of imide groups is 2. The van der Waals surface area contributed by atoms with Crippen molar-refractivity contribution in [3.8, 4) is 0 Å². The van der Waals surface area contributed by atoms with Gasteiger partial charge >= 0.3 is 6.03 Å². The number of urea groups is 1. The fourth-order valence-corrected chi connectivity index (χ4v) is 1.56. The minimum Gasteiger partial charge on any atom is -0.277 e. The molecule has 0 spiro atoms. The molecule has 4 amide bonds. The highest BCUT2D eigenvalue weighted by Crippen LogP contribution is 2.35. The van der Waals surface area contributed by atoms with Gasteiger partial charge in [0.05, 0.1) is 0 Å². The van der Waals surface area contributed by atoms with E-state index < -0.39 is 11.9 Å². The maximum atomic E-state index is 11.3. The van der Waals surface area contributed by atoms with Gasteiger partial charge in [0, 0.05) is 6.04 Å². The fraction of sp³-hybridized carbons (Fsp3) is 0.625. The molecule has 1 aliphatic heterocycles. The second kappa shape index (κ2) is 2.55. The molecule has 70 valence electrons. The summed E-state index contributed by atoms with van der Waals surface area (Å²) in [5.41, 5.74) is 0. The molecule has 0 aromatic carbocycles. The van der Waals surface area contributed by atoms with E-state index in [0.717, 1.165) is 6.42 Å². The van der Waals surface area contributed by atoms with Gasteiger partial charge in [-0.1, -0.05) is 6.92 Å². The van der Waals surface area contributed by atoms with Crippen LogP contribution in [0.4, 0.5) is 4.79 Å². The van der Waals surface area contributed by atoms with E-state index in [0.29, 0.717) is 5.92 Å². The predicted octanol–water partition coefficient (Wildman–Crippen LogP) is -0.137. The summed E-state index contributed by atoms with van der Waals surface area (Å²) < 4.78 is 0. The van der Waals surface area contributed by atoms with Crippen LogP contribution in [0.1, 0.15) is 19.8 Å². The lowest BCUT2D eigenvalue weighted by Gasteiger charge is -2.24. The van der Waals surface area contributed by atoms with Crippen LogP contribution in [0.15, 0.2) is 0 Å². The zero-order chi connectivity index (χ0) is 9.59. The van der Waals surface area contributed by atoms with Crippen molar-refractivity contribution >= 4 is 17.8 Å². The second-order valence-corrected chi connectivity index (χ2v) is 3.57. The molecule has 2 fully saturated rings. The van der Waals surface area contributed by atoms with Crippen molar-refractivity contribution in [1.29, 1.82) is 0 Å². The average molecular weight is 182 g/mol. The van der Waals surface area contributed by atoms with E-state index in [2.05, 4.69) is 5.32 Å². The van der Waals surface area contributed by atoms with Gasteiger partial charge in [0.2, 0.25) is 11.8 Å². The van der Waals surface area contributed by atoms with Crippen molar-refractivity contribution in [2.45, 2.75) is 25.8 Å². The first-order valence-corrected chi connectivity index (χ1v) is 4.25. The SMILES string of the molecule is CC1CC1N1C(=O)CC(=O)NC1=O. The van der Waals surface area contributed by atoms with Gasteiger partial charge < -0.3 is 0 Å². The van der Waals surface area contributed by atoms with E-state index in [1.54, 1.807) is 0 Å². The Morgan fingerprint density at radius 2 is 2.00 bits per heavy atom. The lowest BCUT2D eigenvalue weighted by atomic mass is 10.3. The Morgan fingerprint density at radius 1 is 1.38 bits per heavy atom. The van der Waals surface area contributed by atoms with Gasteiger partial charge in [0.15, 0.2) is 0 Å². The quantitative estimate of drug-likeness (QED) is 0.574. The van der Waals surface area contributed by atoms with Gasteiger partial charge in [0.1, 0.15) is 6.42 Å². The van der Waals surface area contributed by atoms with Crippen molar-refractivity contribution in [3.05, 3.63) is 0 Å². The second-order valence-electron chi connectivity index (χ2n) is 3.57. The van der Waals surface area contributed by atoms with Crippen LogP contribution in [-0.4, -0.2) is 28.8 Å². The summed E-state index contributed by atoms with van der Waals surface area (Å²) in [6.45, 7) is 1.97. The van der Waals surface area contributed by atoms with E-state index in [1.165, 1.54) is 4.90 Å². The first kappa shape index (κ1) is 8.22. The Bertz CT molecular complexity index is 280. The summed E-state index contributed by atoms with van der Waals surface area (Å²) in [6, 6.07) is -0.545. The monoisotopic (exact) mass is 182 g/mol. The number of carbonyl (C=O) groups excluding carboxylic acids is 3. The number of amides is 4. The Labute approximate surface area is 75.1 Å². The van der Waals surface area contributed by atoms with Crippen LogP contribution in [-0.2, 0) is 9.59 Å². The van der Waals surface area contributed by atoms with Crippen molar-refractivity contribution < 1.29 is 14.4 Å². The molecule has 1 aliphatic carbocycles. The minimum atomic E-state index is -0.560. The van der Waals surface area contributed by atoms with Crippen molar-refractivity contribution in [1.82, 2.24) is 10.2 Å². The van der Waals surface area contributed by atoms with Crippen LogP contribution >= 0.6 is 0 Å². The lowest BCUT2D eigenvalue weighted by molar-refractivity contribution is -0.136. The molecule has 0 radical (unpaired) electrons. The summed E-state index contributed by atoms with van der Waals surface area (Å²) in [4.78, 5) is 34.4. The maximum absolute atomic E-state index is 11.3. The highest BCUT2D eigenvalue weighted by atomic mass is 16.2. The van der Waals surface area contributed by atoms with Crippen LogP contribution in [0.3, 0.4) is 0 Å². The Balaban J connectivity index is 2.13. The first-order valence-electron chi connectivity index (χ1n) is 4.25. The van der Waals surface area contributed by atoms with Crippen LogP contribution in [0, 0.1) is 5.92 Å². The molecular weight excluding hydrogens is 172 g/mol. The summed E-state index contributed by atoms with van der Waals surface area (Å²) >= 11 is 0. The molecule has 0 bridgehead atoms. The third-order valence-corrected chi connectivity index (χ3v) is 2.44. The standard InChI is InChI=1S/C8H10N2O3/c1-4-2-5(4)10-7(12)3-6(11)9-8(10)13/h4-5H,2-3H2,1H3,(H,9,11,13). The molecule has 2 atom stereocenters. The van der Waals surface area contributed by atoms with E-state index in [-0.39, 0.29) is 18.4 Å². The molecule has 1 N–H and O–H groups in total. The third-order valence-electron chi connectivity index (χ3n) is 2.44. The summed E-state index contributed by atoms with van der Waals surface area (Å²) in [7, 11) is 0. The topological polar surface area (TPSA) is 66.5 Å². The molecule has 1 saturated heterocycles. The zero-order valence-corrected chi connectivity index (χ0v) is 7.24. The molecule has 2 unspecified atom stereocenters. The summed E-state index contributed by atoms with van der Waals surface area (Å²) in [5.74, 6) is -0.495. The largest absolute Gasteiger partial charge is 0.331 e. The van der Waals surface area contributed by atoms with E-state index in [1.807, 2.05) is 6.92 Å². The molecule has 5 nitrogen and oxygen atoms in total. The molecule has 0 aromatic heterocycles. The molecule has 1 saturated carbocycles. The summed E-state index contributed by atoms with van der Waals surface area (Å²) in [5, 5.41) is 2.13. The van der Waals surface area contributed by atoms with Gasteiger partial charge in [-0.15, -0.1) is 0 Å². The van der Waals surface area contributed by atoms with Crippen molar-refractivity contribution in [2.75, 3.05) is 0 Å². The number of carbonyl (C=O) groups is 3. The molecule has 13 heavy (non-hydrogen) atoms. The number of hydrogen-bond donors (Lipinski definition) is 1. The fourth-order valence-electron chi connectivity index (χ4n) is 1.56. The van der Waals surface area contributed by atoms with Gasteiger partial charge in [-0.05, 0) is 12.3 Å². The first-order chi connectivity index (χ1) is 6.09. The molecular formula is C8H10N2O3. The van der Waals surface area contributed by atoms with Gasteiger partial charge in [0.25, 0.3) is 0 Å². The number of nitrogens with zero attached hydrogens (tertiary/aromatic N) is 1. The van der Waals surface area contributed by atoms with Gasteiger partial charge in [-0.2, -0.15) is 0 Å². The predicted molar refractivity (Wildman–Crippen MR) is 42.6 cm³/mol. The average Bonchev–Trinajstić information content (AvgIpc) is 2.64. The molecule has 1 heterocycles. The van der Waals surface area contributed by atoms with Crippen LogP contribution in [0.5, 0.6) is 0 Å². The molecule has 0 aromatic rings. The van der Waals surface area contributed by atoms with Crippen molar-refractivity contribution in [3.63, 3.8) is 0 Å². The molecule has 2 aliphatic rings. The van der Waals surface area contributed by atoms with Gasteiger partial charge in [-0.3, -0.25) is 19.8 Å². The smallest absolute Gasteiger partial charge is 0.277 e. The third kappa shape index (κ3) is 1.30. The highest BCUT2D eigenvalue weighted by molar-refractivity contribution is 6.14. The van der Waals surface area contributed by atoms with Crippen molar-refractivity contribution in [2.24, 2.45) is 5.92 Å². The maximum Gasteiger partial charge on any atom is 0.331 e. The van der Waals surface area contributed by atoms with E-state index in [4.69, 9.17) is 0 Å². The van der Waals surface area contributed by atoms with E-state index >= 15 is 0 Å². The highest BCUT2D eigenvalue weighted by Gasteiger charge is 2.46. The Morgan fingerprint density at radius 3 is 2.46 bits per heavy atom. The van der Waals surface area contributed by atoms with Crippen LogP contribution < -0.4 is 5.32 Å². The number of nitrogens with one attached hydrogen (secondary N) is 1. The zero-order valence-electron chi connectivity index (χ0n) is 7.24. The normalized spacial score (nSPS) is 33.3.